The highest BCUT2D eigenvalue weighted by atomic mass is 16.6. The lowest BCUT2D eigenvalue weighted by Crippen LogP contribution is -2.28. The average molecular weight is 282 g/mol. The first kappa shape index (κ1) is 16.2. The lowest BCUT2D eigenvalue weighted by Gasteiger charge is -2.24. The van der Waals surface area contributed by atoms with Crippen LogP contribution in [-0.4, -0.2) is 36.3 Å². The first-order valence-corrected chi connectivity index (χ1v) is 6.91. The Bertz CT molecular complexity index is 437. The number of ether oxygens (including phenoxy) is 1. The number of aliphatic hydroxyl groups is 1. The molecule has 6 nitrogen and oxygen atoms in total. The number of aliphatic hydroxyl groups excluding tert-OH is 1. The van der Waals surface area contributed by atoms with Crippen LogP contribution in [0.3, 0.4) is 0 Å². The molecule has 1 N–H and O–H groups in total. The minimum atomic E-state index is -0.420. The molecule has 0 saturated heterocycles. The maximum atomic E-state index is 11.3. The fraction of sp³-hybridized carbons (Fsp3) is 0.571. The number of para-hydroxylation sites is 1. The summed E-state index contributed by atoms with van der Waals surface area (Å²) in [5, 5.41) is 20.5. The summed E-state index contributed by atoms with van der Waals surface area (Å²) < 4.78 is 5.34. The molecule has 20 heavy (non-hydrogen) atoms. The fourth-order valence-electron chi connectivity index (χ4n) is 2.04. The van der Waals surface area contributed by atoms with Gasteiger partial charge in [-0.3, -0.25) is 10.1 Å². The number of unbranched alkanes of at least 4 members (excludes halogenated alkanes) is 1. The van der Waals surface area contributed by atoms with Crippen LogP contribution in [0.2, 0.25) is 0 Å². The number of nitro groups is 1. The third-order valence-electron chi connectivity index (χ3n) is 2.95. The number of nitro benzene ring substituents is 1. The van der Waals surface area contributed by atoms with E-state index in [0.717, 1.165) is 12.8 Å². The normalized spacial score (nSPS) is 10.3. The Hall–Kier alpha value is -1.82. The van der Waals surface area contributed by atoms with Crippen LogP contribution in [-0.2, 0) is 0 Å². The first-order chi connectivity index (χ1) is 9.65. The fourth-order valence-corrected chi connectivity index (χ4v) is 2.04. The predicted molar refractivity (Wildman–Crippen MR) is 78.5 cm³/mol. The average Bonchev–Trinajstić information content (AvgIpc) is 2.43. The Morgan fingerprint density at radius 3 is 2.65 bits per heavy atom. The van der Waals surface area contributed by atoms with Crippen molar-refractivity contribution < 1.29 is 14.8 Å². The number of hydrogen-bond donors (Lipinski definition) is 1. The quantitative estimate of drug-likeness (QED) is 0.556. The molecule has 0 saturated carbocycles. The molecule has 0 aliphatic heterocycles. The van der Waals surface area contributed by atoms with E-state index in [1.807, 2.05) is 4.90 Å². The molecule has 1 aromatic rings. The minimum absolute atomic E-state index is 0.0288. The molecule has 0 heterocycles. The highest BCUT2D eigenvalue weighted by molar-refractivity contribution is 5.69. The third-order valence-corrected chi connectivity index (χ3v) is 2.95. The van der Waals surface area contributed by atoms with Gasteiger partial charge in [0.25, 0.3) is 0 Å². The van der Waals surface area contributed by atoms with Crippen LogP contribution in [0, 0.1) is 10.1 Å². The molecule has 0 unspecified atom stereocenters. The van der Waals surface area contributed by atoms with E-state index in [9.17, 15) is 10.1 Å². The zero-order chi connectivity index (χ0) is 15.0. The Morgan fingerprint density at radius 1 is 1.35 bits per heavy atom. The van der Waals surface area contributed by atoms with Crippen molar-refractivity contribution in [3.05, 3.63) is 28.3 Å². The van der Waals surface area contributed by atoms with Crippen LogP contribution < -0.4 is 9.64 Å². The molecule has 1 rings (SSSR count). The van der Waals surface area contributed by atoms with Gasteiger partial charge in [-0.25, -0.2) is 0 Å². The molecule has 0 aromatic heterocycles. The predicted octanol–water partition coefficient (Wildman–Crippen LogP) is 2.59. The molecule has 0 aliphatic rings. The largest absolute Gasteiger partial charge is 0.487 e. The van der Waals surface area contributed by atoms with Gasteiger partial charge in [0.15, 0.2) is 5.75 Å². The Labute approximate surface area is 119 Å². The van der Waals surface area contributed by atoms with Crippen LogP contribution in [0.25, 0.3) is 0 Å². The van der Waals surface area contributed by atoms with Crippen molar-refractivity contribution in [1.82, 2.24) is 0 Å². The Balaban J connectivity index is 3.17. The van der Waals surface area contributed by atoms with Gasteiger partial charge in [0.05, 0.1) is 18.1 Å². The third kappa shape index (κ3) is 4.09. The molecular weight excluding hydrogens is 260 g/mol. The SMILES string of the molecule is CCCCN(CCO)c1cccc(OCC)c1[N+](=O)[O-]. The second-order valence-corrected chi connectivity index (χ2v) is 4.38. The molecule has 0 radical (unpaired) electrons. The van der Waals surface area contributed by atoms with Crippen molar-refractivity contribution in [2.75, 3.05) is 31.2 Å². The summed E-state index contributed by atoms with van der Waals surface area (Å²) in [5.74, 6) is 0.273. The lowest BCUT2D eigenvalue weighted by atomic mass is 10.2. The summed E-state index contributed by atoms with van der Waals surface area (Å²) in [4.78, 5) is 12.8. The van der Waals surface area contributed by atoms with E-state index in [-0.39, 0.29) is 18.0 Å². The molecule has 1 aromatic carbocycles. The maximum absolute atomic E-state index is 11.3. The number of hydrogen-bond acceptors (Lipinski definition) is 5. The van der Waals surface area contributed by atoms with Gasteiger partial charge in [-0.1, -0.05) is 19.4 Å². The molecule has 0 aliphatic carbocycles. The molecule has 0 spiro atoms. The number of anilines is 1. The standard InChI is InChI=1S/C14H22N2O4/c1-3-5-9-15(10-11-17)12-7-6-8-13(20-4-2)14(12)16(18)19/h6-8,17H,3-5,9-11H2,1-2H3. The molecule has 0 fully saturated rings. The molecule has 6 heteroatoms. The summed E-state index contributed by atoms with van der Waals surface area (Å²) in [7, 11) is 0. The Kier molecular flexibility index (Phi) is 6.79. The Morgan fingerprint density at radius 2 is 2.10 bits per heavy atom. The van der Waals surface area contributed by atoms with Crippen LogP contribution in [0.5, 0.6) is 5.75 Å². The molecular formula is C14H22N2O4. The molecule has 0 atom stereocenters. The van der Waals surface area contributed by atoms with E-state index in [4.69, 9.17) is 9.84 Å². The highest BCUT2D eigenvalue weighted by Crippen LogP contribution is 2.37. The monoisotopic (exact) mass is 282 g/mol. The van der Waals surface area contributed by atoms with E-state index in [1.165, 1.54) is 0 Å². The first-order valence-electron chi connectivity index (χ1n) is 6.91. The van der Waals surface area contributed by atoms with Crippen LogP contribution in [0.15, 0.2) is 18.2 Å². The van der Waals surface area contributed by atoms with Crippen LogP contribution in [0.1, 0.15) is 26.7 Å². The summed E-state index contributed by atoms with van der Waals surface area (Å²) in [6.07, 6.45) is 1.90. The summed E-state index contributed by atoms with van der Waals surface area (Å²) >= 11 is 0. The van der Waals surface area contributed by atoms with Crippen LogP contribution in [0.4, 0.5) is 11.4 Å². The zero-order valence-electron chi connectivity index (χ0n) is 12.0. The number of nitrogens with zero attached hydrogens (tertiary/aromatic N) is 2. The van der Waals surface area contributed by atoms with Gasteiger partial charge in [-0.05, 0) is 25.5 Å². The zero-order valence-corrected chi connectivity index (χ0v) is 12.0. The van der Waals surface area contributed by atoms with Gasteiger partial charge in [0, 0.05) is 13.1 Å². The van der Waals surface area contributed by atoms with E-state index in [1.54, 1.807) is 25.1 Å². The number of benzene rings is 1. The number of rotatable bonds is 9. The summed E-state index contributed by atoms with van der Waals surface area (Å²) in [6, 6.07) is 5.04. The maximum Gasteiger partial charge on any atom is 0.333 e. The smallest absolute Gasteiger partial charge is 0.333 e. The minimum Gasteiger partial charge on any atom is -0.487 e. The summed E-state index contributed by atoms with van der Waals surface area (Å²) in [5.41, 5.74) is 0.474. The van der Waals surface area contributed by atoms with Gasteiger partial charge in [0.2, 0.25) is 0 Å². The van der Waals surface area contributed by atoms with Gasteiger partial charge in [0.1, 0.15) is 5.69 Å². The van der Waals surface area contributed by atoms with Gasteiger partial charge in [-0.15, -0.1) is 0 Å². The van der Waals surface area contributed by atoms with Crippen molar-refractivity contribution in [3.63, 3.8) is 0 Å². The van der Waals surface area contributed by atoms with Crippen LogP contribution >= 0.6 is 0 Å². The van der Waals surface area contributed by atoms with Gasteiger partial charge < -0.3 is 14.7 Å². The van der Waals surface area contributed by atoms with E-state index >= 15 is 0 Å². The topological polar surface area (TPSA) is 75.8 Å². The van der Waals surface area contributed by atoms with Crippen molar-refractivity contribution in [2.24, 2.45) is 0 Å². The van der Waals surface area contributed by atoms with Gasteiger partial charge in [-0.2, -0.15) is 0 Å². The molecule has 0 amide bonds. The summed E-state index contributed by atoms with van der Waals surface area (Å²) in [6.45, 7) is 5.23. The van der Waals surface area contributed by atoms with Crippen molar-refractivity contribution in [1.29, 1.82) is 0 Å². The lowest BCUT2D eigenvalue weighted by molar-refractivity contribution is -0.385. The highest BCUT2D eigenvalue weighted by Gasteiger charge is 2.24. The molecule has 112 valence electrons. The van der Waals surface area contributed by atoms with E-state index < -0.39 is 4.92 Å². The van der Waals surface area contributed by atoms with Crippen molar-refractivity contribution in [2.45, 2.75) is 26.7 Å². The molecule has 0 bridgehead atoms. The van der Waals surface area contributed by atoms with Gasteiger partial charge >= 0.3 is 5.69 Å². The second kappa shape index (κ2) is 8.37. The van der Waals surface area contributed by atoms with E-state index in [0.29, 0.717) is 25.4 Å². The van der Waals surface area contributed by atoms with Crippen molar-refractivity contribution in [3.8, 4) is 5.75 Å². The second-order valence-electron chi connectivity index (χ2n) is 4.38. The van der Waals surface area contributed by atoms with E-state index in [2.05, 4.69) is 6.92 Å². The van der Waals surface area contributed by atoms with Crippen molar-refractivity contribution >= 4 is 11.4 Å².